The third-order valence-electron chi connectivity index (χ3n) is 6.36. The first kappa shape index (κ1) is 22.5. The van der Waals surface area contributed by atoms with Crippen LogP contribution in [-0.4, -0.2) is 38.2 Å². The minimum absolute atomic E-state index is 0.266. The van der Waals surface area contributed by atoms with Crippen LogP contribution in [0.2, 0.25) is 0 Å². The second kappa shape index (κ2) is 6.90. The zero-order chi connectivity index (χ0) is 24.6. The van der Waals surface area contributed by atoms with Crippen LogP contribution in [0.5, 0.6) is 0 Å². The Bertz CT molecular complexity index is 1550. The van der Waals surface area contributed by atoms with Gasteiger partial charge in [0.2, 0.25) is 0 Å². The van der Waals surface area contributed by atoms with Crippen LogP contribution in [0.15, 0.2) is 19.2 Å². The van der Waals surface area contributed by atoms with Crippen LogP contribution in [-0.2, 0) is 39.0 Å². The maximum atomic E-state index is 12.6. The first-order chi connectivity index (χ1) is 15.2. The summed E-state index contributed by atoms with van der Waals surface area (Å²) in [6.45, 7) is 7.91. The van der Waals surface area contributed by atoms with Gasteiger partial charge in [0.1, 0.15) is 22.7 Å². The van der Waals surface area contributed by atoms with Gasteiger partial charge in [0.25, 0.3) is 11.1 Å². The summed E-state index contributed by atoms with van der Waals surface area (Å²) in [4.78, 5) is 65.1. The average molecular weight is 457 g/mol. The van der Waals surface area contributed by atoms with Gasteiger partial charge in [-0.1, -0.05) is 27.7 Å². The van der Waals surface area contributed by atoms with E-state index in [1.807, 2.05) is 27.7 Å². The molecule has 0 spiro atoms. The smallest absolute Gasteiger partial charge is 0.332 e. The van der Waals surface area contributed by atoms with Crippen LogP contribution >= 0.6 is 0 Å². The predicted octanol–water partition coefficient (Wildman–Crippen LogP) is -0.120. The molecule has 0 aliphatic carbocycles. The minimum Gasteiger partial charge on any atom is -0.336 e. The average Bonchev–Trinajstić information content (AvgIpc) is 3.39. The van der Waals surface area contributed by atoms with Crippen LogP contribution in [0.25, 0.3) is 22.3 Å². The third kappa shape index (κ3) is 3.19. The monoisotopic (exact) mass is 456 g/mol. The van der Waals surface area contributed by atoms with E-state index in [9.17, 15) is 19.2 Å². The summed E-state index contributed by atoms with van der Waals surface area (Å²) in [6, 6.07) is 0. The molecule has 0 aliphatic rings. The molecule has 12 heteroatoms. The number of fused-ring (bicyclic) bond motifs is 2. The van der Waals surface area contributed by atoms with Crippen molar-refractivity contribution in [3.63, 3.8) is 0 Å². The van der Waals surface area contributed by atoms with Crippen molar-refractivity contribution in [3.05, 3.63) is 53.3 Å². The number of nitrogens with zero attached hydrogens (tertiary/aromatic N) is 6. The van der Waals surface area contributed by atoms with E-state index in [1.54, 1.807) is 14.1 Å². The third-order valence-corrected chi connectivity index (χ3v) is 6.36. The first-order valence-corrected chi connectivity index (χ1v) is 10.5. The summed E-state index contributed by atoms with van der Waals surface area (Å²) >= 11 is 0. The highest BCUT2D eigenvalue weighted by atomic mass is 16.2. The van der Waals surface area contributed by atoms with Crippen molar-refractivity contribution >= 4 is 22.3 Å². The van der Waals surface area contributed by atoms with Gasteiger partial charge in [0.15, 0.2) is 11.3 Å². The molecule has 0 radical (unpaired) electrons. The lowest BCUT2D eigenvalue weighted by Gasteiger charge is -2.32. The van der Waals surface area contributed by atoms with Crippen molar-refractivity contribution in [1.82, 2.24) is 38.2 Å². The summed E-state index contributed by atoms with van der Waals surface area (Å²) in [5.41, 5.74) is -1.75. The zero-order valence-corrected chi connectivity index (χ0v) is 20.0. The second-order valence-electron chi connectivity index (χ2n) is 9.92. The van der Waals surface area contributed by atoms with Crippen molar-refractivity contribution in [1.29, 1.82) is 0 Å². The van der Waals surface area contributed by atoms with Gasteiger partial charge in [-0.05, 0) is 6.42 Å². The van der Waals surface area contributed by atoms with Gasteiger partial charge in [-0.3, -0.25) is 27.9 Å². The predicted molar refractivity (Wildman–Crippen MR) is 124 cm³/mol. The Balaban J connectivity index is 1.81. The molecule has 176 valence electrons. The van der Waals surface area contributed by atoms with Gasteiger partial charge >= 0.3 is 11.4 Å². The van der Waals surface area contributed by atoms with Gasteiger partial charge in [-0.25, -0.2) is 19.6 Å². The Morgan fingerprint density at radius 2 is 0.970 bits per heavy atom. The maximum absolute atomic E-state index is 12.6. The minimum atomic E-state index is -0.556. The van der Waals surface area contributed by atoms with Crippen molar-refractivity contribution in [2.24, 2.45) is 28.2 Å². The second-order valence-corrected chi connectivity index (χ2v) is 9.92. The molecule has 0 saturated carbocycles. The summed E-state index contributed by atoms with van der Waals surface area (Å²) in [6.07, 6.45) is 0.530. The number of nitrogens with one attached hydrogen (secondary N) is 2. The SMILES string of the molecule is Cn1c(=O)c2[nH]c(C(C)(C)CC(C)(C)c3nc4c([nH]3)c(=O)n(C)c(=O)n4C)nc2n(C)c1=O. The maximum Gasteiger partial charge on any atom is 0.332 e. The fourth-order valence-electron chi connectivity index (χ4n) is 4.57. The summed E-state index contributed by atoms with van der Waals surface area (Å²) in [5.74, 6) is 1.12. The van der Waals surface area contributed by atoms with Crippen LogP contribution in [0.1, 0.15) is 45.8 Å². The molecule has 0 atom stereocenters. The molecule has 2 N–H and O–H groups in total. The van der Waals surface area contributed by atoms with E-state index in [4.69, 9.17) is 0 Å². The lowest BCUT2D eigenvalue weighted by atomic mass is 9.74. The van der Waals surface area contributed by atoms with Crippen molar-refractivity contribution in [3.8, 4) is 0 Å². The van der Waals surface area contributed by atoms with Crippen LogP contribution in [0.4, 0.5) is 0 Å². The van der Waals surface area contributed by atoms with E-state index in [0.29, 0.717) is 29.4 Å². The van der Waals surface area contributed by atoms with E-state index in [-0.39, 0.29) is 11.0 Å². The number of hydrogen-bond donors (Lipinski definition) is 2. The van der Waals surface area contributed by atoms with Crippen LogP contribution in [0.3, 0.4) is 0 Å². The fraction of sp³-hybridized carbons (Fsp3) is 0.524. The number of rotatable bonds is 4. The number of imidazole rings is 2. The van der Waals surface area contributed by atoms with Crippen molar-refractivity contribution in [2.75, 3.05) is 0 Å². The standard InChI is InChI=1S/C21H28N8O4/c1-20(2,16-22-10-12(24-16)26(5)18(32)28(7)14(10)30)9-21(3,4)17-23-11-13(25-17)27(6)19(33)29(8)15(11)31/h9H2,1-8H3,(H,22,24)(H,23,25). The quantitative estimate of drug-likeness (QED) is 0.438. The van der Waals surface area contributed by atoms with Gasteiger partial charge in [-0.15, -0.1) is 0 Å². The van der Waals surface area contributed by atoms with Crippen molar-refractivity contribution < 1.29 is 0 Å². The molecule has 0 unspecified atom stereocenters. The Morgan fingerprint density at radius 1 is 0.636 bits per heavy atom. The van der Waals surface area contributed by atoms with E-state index in [2.05, 4.69) is 19.9 Å². The number of aromatic amines is 2. The fourth-order valence-corrected chi connectivity index (χ4v) is 4.57. The highest BCUT2D eigenvalue weighted by molar-refractivity contribution is 5.71. The van der Waals surface area contributed by atoms with Crippen molar-refractivity contribution in [2.45, 2.75) is 44.9 Å². The van der Waals surface area contributed by atoms with Gasteiger partial charge in [0.05, 0.1) is 0 Å². The molecule has 4 aromatic heterocycles. The summed E-state index contributed by atoms with van der Waals surface area (Å²) in [7, 11) is 6.01. The van der Waals surface area contributed by atoms with E-state index >= 15 is 0 Å². The van der Waals surface area contributed by atoms with Gasteiger partial charge in [-0.2, -0.15) is 0 Å². The lowest BCUT2D eigenvalue weighted by Crippen LogP contribution is -2.36. The molecule has 4 aromatic rings. The molecule has 0 aromatic carbocycles. The van der Waals surface area contributed by atoms with Gasteiger partial charge in [0, 0.05) is 39.0 Å². The molecule has 33 heavy (non-hydrogen) atoms. The summed E-state index contributed by atoms with van der Waals surface area (Å²) in [5, 5.41) is 0. The molecule has 12 nitrogen and oxygen atoms in total. The lowest BCUT2D eigenvalue weighted by molar-refractivity contribution is 0.326. The molecule has 0 amide bonds. The molecule has 4 heterocycles. The molecule has 4 rings (SSSR count). The normalized spacial score (nSPS) is 12.8. The molecular formula is C21H28N8O4. The number of aromatic nitrogens is 8. The van der Waals surface area contributed by atoms with E-state index in [0.717, 1.165) is 9.13 Å². The highest BCUT2D eigenvalue weighted by Crippen LogP contribution is 2.37. The Kier molecular flexibility index (Phi) is 4.70. The summed E-state index contributed by atoms with van der Waals surface area (Å²) < 4.78 is 4.77. The van der Waals surface area contributed by atoms with E-state index in [1.165, 1.54) is 23.2 Å². The van der Waals surface area contributed by atoms with Crippen LogP contribution in [0, 0.1) is 0 Å². The van der Waals surface area contributed by atoms with E-state index < -0.39 is 33.3 Å². The number of H-pyrrole nitrogens is 2. The molecule has 0 aliphatic heterocycles. The number of hydrogen-bond acceptors (Lipinski definition) is 6. The molecular weight excluding hydrogens is 428 g/mol. The van der Waals surface area contributed by atoms with Crippen LogP contribution < -0.4 is 22.5 Å². The largest absolute Gasteiger partial charge is 0.336 e. The molecule has 0 fully saturated rings. The highest BCUT2D eigenvalue weighted by Gasteiger charge is 2.36. The Morgan fingerprint density at radius 3 is 1.30 bits per heavy atom. The Labute approximate surface area is 187 Å². The molecule has 0 saturated heterocycles. The number of aryl methyl sites for hydroxylation is 2. The topological polar surface area (TPSA) is 145 Å². The Hall–Kier alpha value is -3.70. The molecule has 0 bridgehead atoms. The van der Waals surface area contributed by atoms with Gasteiger partial charge < -0.3 is 9.97 Å². The zero-order valence-electron chi connectivity index (χ0n) is 20.0. The first-order valence-electron chi connectivity index (χ1n) is 10.5.